The fraction of sp³-hybridized carbons (Fsp3) is 0.444. The number of hydrogen-bond acceptors (Lipinski definition) is 7. The molecule has 0 unspecified atom stereocenters. The molecule has 0 N–H and O–H groups in total. The van der Waals surface area contributed by atoms with Crippen LogP contribution in [0, 0.1) is 5.82 Å². The van der Waals surface area contributed by atoms with Crippen molar-refractivity contribution in [2.24, 2.45) is 0 Å². The fourth-order valence-electron chi connectivity index (χ4n) is 4.84. The minimum atomic E-state index is -4.48. The third-order valence-electron chi connectivity index (χ3n) is 7.45. The van der Waals surface area contributed by atoms with Crippen molar-refractivity contribution in [3.8, 4) is 11.3 Å². The third-order valence-corrected chi connectivity index (χ3v) is 7.74. The standard InChI is InChI=1S/C27H30ClF4N7/c1-17(2)36(3)19-15-39(16-19)26-34-23(18-6-7-22(29)21(28)13-18)14-24(35-26)37-9-11-38(12-10-37)25-20(27(30,31)32)5-4-8-33-25/h4-8,13-14,17,19H,9-12,15-16H2,1-3H3. The Morgan fingerprint density at radius 3 is 2.31 bits per heavy atom. The molecule has 7 nitrogen and oxygen atoms in total. The van der Waals surface area contributed by atoms with E-state index in [4.69, 9.17) is 21.6 Å². The lowest BCUT2D eigenvalue weighted by atomic mass is 10.1. The molecule has 2 saturated heterocycles. The molecule has 0 spiro atoms. The van der Waals surface area contributed by atoms with Crippen molar-refractivity contribution in [3.63, 3.8) is 0 Å². The lowest BCUT2D eigenvalue weighted by Gasteiger charge is -2.45. The molecule has 2 aliphatic heterocycles. The van der Waals surface area contributed by atoms with Gasteiger partial charge in [-0.05, 0) is 51.2 Å². The van der Waals surface area contributed by atoms with Crippen LogP contribution in [0.1, 0.15) is 19.4 Å². The summed E-state index contributed by atoms with van der Waals surface area (Å²) in [7, 11) is 2.10. The molecule has 2 aliphatic rings. The Balaban J connectivity index is 1.40. The van der Waals surface area contributed by atoms with Gasteiger partial charge in [0, 0.05) is 69.2 Å². The van der Waals surface area contributed by atoms with Gasteiger partial charge in [0.15, 0.2) is 0 Å². The Morgan fingerprint density at radius 2 is 1.67 bits per heavy atom. The molecule has 0 atom stereocenters. The van der Waals surface area contributed by atoms with E-state index in [-0.39, 0.29) is 10.8 Å². The Kier molecular flexibility index (Phi) is 7.56. The number of halogens is 5. The number of alkyl halides is 3. The first-order valence-corrected chi connectivity index (χ1v) is 13.2. The molecule has 2 fully saturated rings. The van der Waals surface area contributed by atoms with Gasteiger partial charge in [-0.2, -0.15) is 18.2 Å². The first kappa shape index (κ1) is 27.4. The second kappa shape index (κ2) is 10.8. The third kappa shape index (κ3) is 5.74. The summed E-state index contributed by atoms with van der Waals surface area (Å²) >= 11 is 6.06. The van der Waals surface area contributed by atoms with E-state index in [0.717, 1.165) is 19.2 Å². The van der Waals surface area contributed by atoms with Crippen LogP contribution < -0.4 is 14.7 Å². The van der Waals surface area contributed by atoms with Crippen LogP contribution in [0.15, 0.2) is 42.6 Å². The summed E-state index contributed by atoms with van der Waals surface area (Å²) in [4.78, 5) is 21.7. The molecule has 0 aliphatic carbocycles. The fourth-order valence-corrected chi connectivity index (χ4v) is 5.02. The predicted octanol–water partition coefficient (Wildman–Crippen LogP) is 5.21. The van der Waals surface area contributed by atoms with Crippen LogP contribution in [-0.4, -0.2) is 78.3 Å². The Labute approximate surface area is 230 Å². The smallest absolute Gasteiger partial charge is 0.353 e. The average Bonchev–Trinajstić information content (AvgIpc) is 2.88. The lowest BCUT2D eigenvalue weighted by Crippen LogP contribution is -2.60. The van der Waals surface area contributed by atoms with E-state index in [1.807, 2.05) is 11.0 Å². The van der Waals surface area contributed by atoms with Crippen LogP contribution in [0.25, 0.3) is 11.3 Å². The van der Waals surface area contributed by atoms with E-state index in [1.165, 1.54) is 24.4 Å². The molecule has 39 heavy (non-hydrogen) atoms. The highest BCUT2D eigenvalue weighted by molar-refractivity contribution is 6.31. The van der Waals surface area contributed by atoms with Gasteiger partial charge in [-0.1, -0.05) is 11.6 Å². The molecule has 0 radical (unpaired) electrons. The molecular weight excluding hydrogens is 534 g/mol. The van der Waals surface area contributed by atoms with Crippen LogP contribution >= 0.6 is 11.6 Å². The number of hydrogen-bond donors (Lipinski definition) is 0. The average molecular weight is 564 g/mol. The van der Waals surface area contributed by atoms with Gasteiger partial charge >= 0.3 is 6.18 Å². The van der Waals surface area contributed by atoms with Gasteiger partial charge in [0.25, 0.3) is 0 Å². The predicted molar refractivity (Wildman–Crippen MR) is 145 cm³/mol. The quantitative estimate of drug-likeness (QED) is 0.382. The van der Waals surface area contributed by atoms with E-state index < -0.39 is 17.6 Å². The summed E-state index contributed by atoms with van der Waals surface area (Å²) in [6.07, 6.45) is -3.10. The zero-order valence-corrected chi connectivity index (χ0v) is 22.7. The first-order chi connectivity index (χ1) is 18.5. The Hall–Kier alpha value is -3.18. The monoisotopic (exact) mass is 563 g/mol. The van der Waals surface area contributed by atoms with E-state index in [9.17, 15) is 17.6 Å². The van der Waals surface area contributed by atoms with Crippen molar-refractivity contribution in [1.29, 1.82) is 0 Å². The molecule has 12 heteroatoms. The normalized spacial score (nSPS) is 16.8. The molecule has 5 rings (SSSR count). The number of piperazine rings is 1. The summed E-state index contributed by atoms with van der Waals surface area (Å²) in [6, 6.07) is 9.44. The number of benzene rings is 1. The number of anilines is 3. The van der Waals surface area contributed by atoms with E-state index >= 15 is 0 Å². The molecule has 0 bridgehead atoms. The summed E-state index contributed by atoms with van der Waals surface area (Å²) in [5.41, 5.74) is 0.519. The second-order valence-corrected chi connectivity index (χ2v) is 10.6. The molecule has 208 valence electrons. The van der Waals surface area contributed by atoms with Crippen molar-refractivity contribution in [2.75, 3.05) is 61.0 Å². The zero-order chi connectivity index (χ0) is 27.9. The van der Waals surface area contributed by atoms with Gasteiger partial charge in [0.1, 0.15) is 17.5 Å². The van der Waals surface area contributed by atoms with E-state index in [1.54, 1.807) is 11.0 Å². The largest absolute Gasteiger partial charge is 0.419 e. The molecular formula is C27H30ClF4N7. The summed E-state index contributed by atoms with van der Waals surface area (Å²) in [5, 5.41) is 0.00114. The minimum Gasteiger partial charge on any atom is -0.353 e. The molecule has 0 amide bonds. The molecule has 3 aromatic rings. The van der Waals surface area contributed by atoms with Crippen LogP contribution in [0.5, 0.6) is 0 Å². The molecule has 2 aromatic heterocycles. The number of aromatic nitrogens is 3. The Bertz CT molecular complexity index is 1320. The van der Waals surface area contributed by atoms with Crippen LogP contribution in [0.2, 0.25) is 5.02 Å². The van der Waals surface area contributed by atoms with Gasteiger partial charge in [0.05, 0.1) is 16.3 Å². The first-order valence-electron chi connectivity index (χ1n) is 12.8. The van der Waals surface area contributed by atoms with E-state index in [2.05, 4.69) is 35.7 Å². The van der Waals surface area contributed by atoms with Gasteiger partial charge in [0.2, 0.25) is 5.95 Å². The van der Waals surface area contributed by atoms with Crippen molar-refractivity contribution in [3.05, 3.63) is 59.0 Å². The van der Waals surface area contributed by atoms with E-state index in [0.29, 0.717) is 61.3 Å². The Morgan fingerprint density at radius 1 is 0.974 bits per heavy atom. The zero-order valence-electron chi connectivity index (χ0n) is 22.0. The number of nitrogens with zero attached hydrogens (tertiary/aromatic N) is 7. The van der Waals surface area contributed by atoms with Crippen LogP contribution in [0.3, 0.4) is 0 Å². The van der Waals surface area contributed by atoms with Gasteiger partial charge in [-0.15, -0.1) is 0 Å². The highest BCUT2D eigenvalue weighted by Crippen LogP contribution is 2.36. The lowest BCUT2D eigenvalue weighted by molar-refractivity contribution is -0.137. The summed E-state index contributed by atoms with van der Waals surface area (Å²) in [5.74, 6) is 0.646. The highest BCUT2D eigenvalue weighted by Gasteiger charge is 2.37. The van der Waals surface area contributed by atoms with Crippen molar-refractivity contribution < 1.29 is 17.6 Å². The molecule has 1 aromatic carbocycles. The van der Waals surface area contributed by atoms with Crippen LogP contribution in [-0.2, 0) is 6.18 Å². The summed E-state index contributed by atoms with van der Waals surface area (Å²) in [6.45, 7) is 7.45. The SMILES string of the molecule is CC(C)N(C)C1CN(c2nc(-c3ccc(F)c(Cl)c3)cc(N3CCN(c4ncccc4C(F)(F)F)CC3)n2)C1. The number of pyridine rings is 1. The van der Waals surface area contributed by atoms with Gasteiger partial charge in [-0.3, -0.25) is 4.90 Å². The van der Waals surface area contributed by atoms with Crippen molar-refractivity contribution >= 4 is 29.2 Å². The molecule has 0 saturated carbocycles. The van der Waals surface area contributed by atoms with Crippen molar-refractivity contribution in [1.82, 2.24) is 19.9 Å². The van der Waals surface area contributed by atoms with Crippen molar-refractivity contribution in [2.45, 2.75) is 32.1 Å². The van der Waals surface area contributed by atoms with Crippen LogP contribution in [0.4, 0.5) is 35.1 Å². The maximum atomic E-state index is 13.9. The summed E-state index contributed by atoms with van der Waals surface area (Å²) < 4.78 is 54.5. The number of likely N-dealkylation sites (N-methyl/N-ethyl adjacent to an activating group) is 1. The highest BCUT2D eigenvalue weighted by atomic mass is 35.5. The molecule has 4 heterocycles. The van der Waals surface area contributed by atoms with Gasteiger partial charge < -0.3 is 14.7 Å². The van der Waals surface area contributed by atoms with Gasteiger partial charge in [-0.25, -0.2) is 14.4 Å². The number of rotatable bonds is 6. The maximum Gasteiger partial charge on any atom is 0.419 e. The maximum absolute atomic E-state index is 13.9. The second-order valence-electron chi connectivity index (χ2n) is 10.2. The minimum absolute atomic E-state index is 0.00114. The topological polar surface area (TPSA) is 51.6 Å².